The number of hydrogen-bond donors (Lipinski definition) is 1. The summed E-state index contributed by atoms with van der Waals surface area (Å²) in [4.78, 5) is 8.75. The first-order valence-corrected chi connectivity index (χ1v) is 6.47. The van der Waals surface area contributed by atoms with Crippen molar-refractivity contribution in [3.8, 4) is 17.0 Å². The molecule has 1 heterocycles. The summed E-state index contributed by atoms with van der Waals surface area (Å²) >= 11 is 0. The van der Waals surface area contributed by atoms with Gasteiger partial charge in [0.2, 0.25) is 0 Å². The molecule has 1 aromatic carbocycles. The van der Waals surface area contributed by atoms with Gasteiger partial charge in [0.05, 0.1) is 12.8 Å². The van der Waals surface area contributed by atoms with E-state index in [1.165, 1.54) is 5.56 Å². The van der Waals surface area contributed by atoms with Crippen molar-refractivity contribution in [3.05, 3.63) is 41.9 Å². The van der Waals surface area contributed by atoms with Gasteiger partial charge in [-0.25, -0.2) is 9.97 Å². The van der Waals surface area contributed by atoms with Crippen LogP contribution in [0.2, 0.25) is 0 Å². The molecule has 19 heavy (non-hydrogen) atoms. The van der Waals surface area contributed by atoms with E-state index < -0.39 is 0 Å². The predicted molar refractivity (Wildman–Crippen MR) is 76.2 cm³/mol. The second kappa shape index (κ2) is 6.29. The summed E-state index contributed by atoms with van der Waals surface area (Å²) in [7, 11) is 1.69. The number of rotatable bonds is 5. The zero-order valence-electron chi connectivity index (χ0n) is 11.4. The smallest absolute Gasteiger partial charge is 0.130 e. The molecule has 0 atom stereocenters. The van der Waals surface area contributed by atoms with Gasteiger partial charge in [-0.15, -0.1) is 0 Å². The third-order valence-electron chi connectivity index (χ3n) is 3.03. The van der Waals surface area contributed by atoms with Crippen molar-refractivity contribution in [1.82, 2.24) is 9.97 Å². The van der Waals surface area contributed by atoms with E-state index in [0.29, 0.717) is 13.0 Å². The molecular weight excluding hydrogens is 238 g/mol. The number of methoxy groups -OCH3 is 1. The van der Waals surface area contributed by atoms with Gasteiger partial charge in [0.25, 0.3) is 0 Å². The highest BCUT2D eigenvalue weighted by Crippen LogP contribution is 2.25. The standard InChI is InChI=1S/C15H19N3O/c1-3-11-10-12(4-5-14(11)19-2)13-7-9-17-15(18-13)6-8-16/h4-5,7,9-10H,3,6,8,16H2,1-2H3. The first kappa shape index (κ1) is 13.5. The van der Waals surface area contributed by atoms with Gasteiger partial charge >= 0.3 is 0 Å². The van der Waals surface area contributed by atoms with Crippen LogP contribution in [-0.2, 0) is 12.8 Å². The molecule has 0 unspecified atom stereocenters. The number of ether oxygens (including phenoxy) is 1. The van der Waals surface area contributed by atoms with E-state index in [-0.39, 0.29) is 0 Å². The van der Waals surface area contributed by atoms with Crippen LogP contribution in [0.4, 0.5) is 0 Å². The highest BCUT2D eigenvalue weighted by Gasteiger charge is 2.06. The zero-order valence-corrected chi connectivity index (χ0v) is 11.4. The minimum Gasteiger partial charge on any atom is -0.496 e. The lowest BCUT2D eigenvalue weighted by molar-refractivity contribution is 0.410. The van der Waals surface area contributed by atoms with Crippen LogP contribution in [0.15, 0.2) is 30.5 Å². The van der Waals surface area contributed by atoms with Crippen molar-refractivity contribution < 1.29 is 4.74 Å². The fourth-order valence-electron chi connectivity index (χ4n) is 2.02. The molecule has 0 aliphatic heterocycles. The van der Waals surface area contributed by atoms with Gasteiger partial charge in [-0.1, -0.05) is 6.92 Å². The highest BCUT2D eigenvalue weighted by molar-refractivity contribution is 5.61. The molecule has 2 N–H and O–H groups in total. The average molecular weight is 257 g/mol. The van der Waals surface area contributed by atoms with Crippen molar-refractivity contribution in [3.63, 3.8) is 0 Å². The van der Waals surface area contributed by atoms with Crippen LogP contribution >= 0.6 is 0 Å². The third kappa shape index (κ3) is 3.09. The summed E-state index contributed by atoms with van der Waals surface area (Å²) in [5.74, 6) is 1.70. The van der Waals surface area contributed by atoms with E-state index in [1.807, 2.05) is 18.2 Å². The van der Waals surface area contributed by atoms with Crippen molar-refractivity contribution >= 4 is 0 Å². The second-order valence-corrected chi connectivity index (χ2v) is 4.28. The molecule has 0 spiro atoms. The molecule has 0 radical (unpaired) electrons. The van der Waals surface area contributed by atoms with E-state index >= 15 is 0 Å². The van der Waals surface area contributed by atoms with E-state index in [1.54, 1.807) is 13.3 Å². The number of hydrogen-bond acceptors (Lipinski definition) is 4. The van der Waals surface area contributed by atoms with Crippen molar-refractivity contribution in [1.29, 1.82) is 0 Å². The van der Waals surface area contributed by atoms with Crippen LogP contribution in [0.3, 0.4) is 0 Å². The summed E-state index contributed by atoms with van der Waals surface area (Å²) < 4.78 is 5.34. The molecule has 4 heteroatoms. The van der Waals surface area contributed by atoms with E-state index in [2.05, 4.69) is 23.0 Å². The lowest BCUT2D eigenvalue weighted by Crippen LogP contribution is -2.06. The summed E-state index contributed by atoms with van der Waals surface area (Å²) in [5, 5.41) is 0. The molecule has 2 rings (SSSR count). The first-order valence-electron chi connectivity index (χ1n) is 6.47. The lowest BCUT2D eigenvalue weighted by atomic mass is 10.0. The molecule has 0 fully saturated rings. The maximum Gasteiger partial charge on any atom is 0.130 e. The Morgan fingerprint density at radius 2 is 2.11 bits per heavy atom. The van der Waals surface area contributed by atoms with Gasteiger partial charge in [-0.2, -0.15) is 0 Å². The summed E-state index contributed by atoms with van der Waals surface area (Å²) in [6, 6.07) is 8.04. The Balaban J connectivity index is 2.38. The maximum atomic E-state index is 5.54. The SMILES string of the molecule is CCc1cc(-c2ccnc(CCN)n2)ccc1OC. The lowest BCUT2D eigenvalue weighted by Gasteiger charge is -2.09. The van der Waals surface area contributed by atoms with E-state index in [9.17, 15) is 0 Å². The Morgan fingerprint density at radius 1 is 1.26 bits per heavy atom. The third-order valence-corrected chi connectivity index (χ3v) is 3.03. The molecule has 0 saturated heterocycles. The largest absolute Gasteiger partial charge is 0.496 e. The fraction of sp³-hybridized carbons (Fsp3) is 0.333. The number of aromatic nitrogens is 2. The summed E-state index contributed by atoms with van der Waals surface area (Å²) in [6.45, 7) is 2.67. The van der Waals surface area contributed by atoms with Crippen LogP contribution in [0.5, 0.6) is 5.75 Å². The Hall–Kier alpha value is -1.94. The van der Waals surface area contributed by atoms with E-state index in [0.717, 1.165) is 29.3 Å². The average Bonchev–Trinajstić information content (AvgIpc) is 2.47. The zero-order chi connectivity index (χ0) is 13.7. The number of aryl methyl sites for hydroxylation is 1. The van der Waals surface area contributed by atoms with Crippen molar-refractivity contribution in [2.75, 3.05) is 13.7 Å². The normalized spacial score (nSPS) is 10.5. The molecule has 0 amide bonds. The Labute approximate surface area is 113 Å². The minimum absolute atomic E-state index is 0.562. The predicted octanol–water partition coefficient (Wildman–Crippen LogP) is 2.22. The number of benzene rings is 1. The molecule has 0 bridgehead atoms. The molecule has 2 aromatic rings. The van der Waals surface area contributed by atoms with Crippen LogP contribution < -0.4 is 10.5 Å². The number of nitrogens with two attached hydrogens (primary N) is 1. The van der Waals surface area contributed by atoms with Gasteiger partial charge < -0.3 is 10.5 Å². The van der Waals surface area contributed by atoms with Gasteiger partial charge in [0, 0.05) is 18.2 Å². The monoisotopic (exact) mass is 257 g/mol. The van der Waals surface area contributed by atoms with Crippen LogP contribution in [-0.4, -0.2) is 23.6 Å². The quantitative estimate of drug-likeness (QED) is 0.892. The second-order valence-electron chi connectivity index (χ2n) is 4.28. The highest BCUT2D eigenvalue weighted by atomic mass is 16.5. The number of nitrogens with zero attached hydrogens (tertiary/aromatic N) is 2. The molecule has 0 aliphatic rings. The van der Waals surface area contributed by atoms with Crippen LogP contribution in [0.1, 0.15) is 18.3 Å². The van der Waals surface area contributed by atoms with Crippen LogP contribution in [0.25, 0.3) is 11.3 Å². The summed E-state index contributed by atoms with van der Waals surface area (Å²) in [5.41, 5.74) is 8.72. The van der Waals surface area contributed by atoms with Crippen molar-refractivity contribution in [2.24, 2.45) is 5.73 Å². The van der Waals surface area contributed by atoms with E-state index in [4.69, 9.17) is 10.5 Å². The first-order chi connectivity index (χ1) is 9.28. The fourth-order valence-corrected chi connectivity index (χ4v) is 2.02. The molecule has 0 aliphatic carbocycles. The van der Waals surface area contributed by atoms with Crippen molar-refractivity contribution in [2.45, 2.75) is 19.8 Å². The molecule has 4 nitrogen and oxygen atoms in total. The molecule has 1 aromatic heterocycles. The van der Waals surface area contributed by atoms with Gasteiger partial charge in [0.1, 0.15) is 11.6 Å². The Bertz CT molecular complexity index is 555. The van der Waals surface area contributed by atoms with Gasteiger partial charge in [0.15, 0.2) is 0 Å². The summed E-state index contributed by atoms with van der Waals surface area (Å²) in [6.07, 6.45) is 3.41. The minimum atomic E-state index is 0.562. The molecule has 0 saturated carbocycles. The molecular formula is C15H19N3O. The maximum absolute atomic E-state index is 5.54. The topological polar surface area (TPSA) is 61.0 Å². The molecule has 100 valence electrons. The van der Waals surface area contributed by atoms with Gasteiger partial charge in [-0.3, -0.25) is 0 Å². The Morgan fingerprint density at radius 3 is 2.79 bits per heavy atom. The van der Waals surface area contributed by atoms with Gasteiger partial charge in [-0.05, 0) is 42.8 Å². The van der Waals surface area contributed by atoms with Crippen LogP contribution in [0, 0.1) is 0 Å². The Kier molecular flexibility index (Phi) is 4.47.